The second-order valence-corrected chi connectivity index (χ2v) is 39.6. The second-order valence-electron chi connectivity index (χ2n) is 36.8. The van der Waals surface area contributed by atoms with Gasteiger partial charge in [0.2, 0.25) is 0 Å². The molecule has 134 heavy (non-hydrogen) atoms. The Hall–Kier alpha value is -11.9. The number of piperidine rings is 3. The number of phenolic OH excluding ortho intramolecular Hbond substituents is 2. The van der Waals surface area contributed by atoms with Crippen LogP contribution < -0.4 is 66.4 Å². The number of nitrogens with zero attached hydrogens (tertiary/aromatic N) is 3. The molecule has 27 nitrogen and oxygen atoms in total. The number of hydrogen-bond donors (Lipinski definition) is 10. The lowest BCUT2D eigenvalue weighted by molar-refractivity contribution is -0.119. The van der Waals surface area contributed by atoms with E-state index in [2.05, 4.69) is 89.8 Å². The number of carbonyl (C=O) groups excluding carboxylic acids is 7. The summed E-state index contributed by atoms with van der Waals surface area (Å²) in [7, 11) is 0. The largest absolute Gasteiger partial charge is 0.508 e. The van der Waals surface area contributed by atoms with Crippen molar-refractivity contribution in [3.63, 3.8) is 0 Å². The average molecular weight is 2030 g/mol. The first-order chi connectivity index (χ1) is 63.5. The molecule has 0 radical (unpaired) electrons. The maximum absolute atomic E-state index is 13.2. The minimum atomic E-state index is -0.918. The van der Waals surface area contributed by atoms with Gasteiger partial charge in [-0.15, -0.1) is 0 Å². The Kier molecular flexibility index (Phi) is 40.3. The molecule has 30 heteroatoms. The maximum atomic E-state index is 13.2. The third-order valence-electron chi connectivity index (χ3n) is 21.9. The van der Waals surface area contributed by atoms with Crippen molar-refractivity contribution in [1.82, 2.24) is 0 Å². The summed E-state index contributed by atoms with van der Waals surface area (Å²) in [5.41, 5.74) is 17.0. The number of aromatic hydroxyl groups is 2. The van der Waals surface area contributed by atoms with Gasteiger partial charge in [0.15, 0.2) is 17.3 Å². The molecule has 4 amide bonds. The third-order valence-corrected chi connectivity index (χ3v) is 23.4. The first-order valence-electron chi connectivity index (χ1n) is 45.2. The van der Waals surface area contributed by atoms with Crippen LogP contribution in [0.3, 0.4) is 0 Å². The number of ketones is 3. The molecule has 15 rings (SSSR count). The Balaban J connectivity index is 0.000000182. The molecule has 3 heterocycles. The zero-order valence-electron chi connectivity index (χ0n) is 78.2. The van der Waals surface area contributed by atoms with Gasteiger partial charge in [0, 0.05) is 123 Å². The average Bonchev–Trinajstić information content (AvgIpc) is 1.55. The first-order valence-corrected chi connectivity index (χ1v) is 47.6. The summed E-state index contributed by atoms with van der Waals surface area (Å²) in [6, 6.07) is 58.0. The van der Waals surface area contributed by atoms with Crippen LogP contribution >= 0.6 is 47.8 Å². The number of aliphatic hydroxyl groups is 1. The number of rotatable bonds is 25. The zero-order valence-corrected chi connectivity index (χ0v) is 83.0. The number of benzene rings is 9. The van der Waals surface area contributed by atoms with Gasteiger partial charge < -0.3 is 85.6 Å². The molecule has 3 saturated heterocycles. The Labute approximate surface area is 811 Å². The van der Waals surface area contributed by atoms with Crippen LogP contribution in [0.4, 0.5) is 60.8 Å². The van der Waals surface area contributed by atoms with E-state index in [0.717, 1.165) is 105 Å². The van der Waals surface area contributed by atoms with Gasteiger partial charge in [-0.25, -0.2) is 14.4 Å². The number of phenols is 2. The normalized spacial score (nSPS) is 14.9. The Morgan fingerprint density at radius 1 is 0.358 bits per heavy atom. The fraction of sp³-hybridized carbons (Fsp3) is 0.404. The molecule has 0 atom stereocenters. The van der Waals surface area contributed by atoms with Gasteiger partial charge in [-0.1, -0.05) is 84.2 Å². The van der Waals surface area contributed by atoms with Crippen molar-refractivity contribution in [2.45, 2.75) is 170 Å². The van der Waals surface area contributed by atoms with E-state index in [9.17, 15) is 48.6 Å². The van der Waals surface area contributed by atoms with E-state index < -0.39 is 35.0 Å². The van der Waals surface area contributed by atoms with E-state index in [4.69, 9.17) is 50.1 Å². The second kappa shape index (κ2) is 51.0. The van der Waals surface area contributed by atoms with Crippen molar-refractivity contribution in [1.29, 1.82) is 0 Å². The molecule has 3 aliphatic carbocycles. The number of nitrogens with one attached hydrogen (secondary N) is 4. The molecule has 0 bridgehead atoms. The number of carboxylic acid groups (broad SMARTS) is 1. The fourth-order valence-corrected chi connectivity index (χ4v) is 16.2. The van der Waals surface area contributed by atoms with Gasteiger partial charge >= 0.3 is 18.2 Å². The number of ether oxygens (including phenoxy) is 6. The van der Waals surface area contributed by atoms with Crippen molar-refractivity contribution in [3.05, 3.63) is 230 Å². The number of anilines is 9. The number of carboxylic acids is 1. The van der Waals surface area contributed by atoms with Crippen LogP contribution in [-0.2, 0) is 23.9 Å². The highest BCUT2D eigenvalue weighted by Crippen LogP contribution is 2.46. The third kappa shape index (κ3) is 39.0. The van der Waals surface area contributed by atoms with Crippen LogP contribution in [-0.4, -0.2) is 150 Å². The van der Waals surface area contributed by atoms with Crippen molar-refractivity contribution in [3.8, 4) is 34.5 Å². The number of nitrogen functional groups attached to an aromatic ring is 2. The Bertz CT molecular complexity index is 5390. The molecule has 6 fully saturated rings. The monoisotopic (exact) mass is 2030 g/mol. The molecule has 6 aliphatic rings. The first kappa shape index (κ1) is 106. The highest BCUT2D eigenvalue weighted by atomic mass is 79.9. The Morgan fingerprint density at radius 3 is 0.940 bits per heavy atom. The summed E-state index contributed by atoms with van der Waals surface area (Å²) >= 11 is 10.6. The standard InChI is InChI=1S/C25H31BrN2O3.C24H27BrN2O3.C15H18BrNO2.C14H19NO4.C11H15NO3.C9H11NO2.C6H7NO/c1-25(2,30)16-31-21-5-3-4-20(15-21)27-24(29)22-9-8-19(26)14-23(22)28-12-10-18(11-13-28)17-6-7-17;1-16(28)15-30-21-4-2-3-20(14-21)26-24(29)22-8-7-19(25)13-23(22)27-11-9-18(10-12-27)17-5-6-17;16-12-3-4-13(15(18)19)14(9-12)17-7-5-11(6-8-17)10-1-2-10;1-10(16)9-18-12-7-5-6-11(8-12)15-13(17)19-14(2,3)4;1-11(2,3)15-10(14)12-8-5-4-6-9(13)7-8;1-7(11)6-12-9-4-2-3-8(10)5-9;7-5-2-1-3-6(8)4-5/h3-5,8-9,14-15,17-18,30H,6-7,10-13,16H2,1-2H3,(H,27,29);2-4,7-8,13-14,17-18H,5-6,9-12,15H2,1H3,(H,26,29);3-4,9-11H,1-2,5-8H2,(H,18,19);5-8H,9H2,1-4H3,(H,15,17);4-7,13H,1-3H3,(H,12,14);2-5H,6,10H2,1H3;1-4,8H,7H2. The molecular formula is C104H128Br3N9O18. The Morgan fingerprint density at radius 2 is 0.642 bits per heavy atom. The van der Waals surface area contributed by atoms with Gasteiger partial charge in [-0.3, -0.25) is 34.6 Å². The van der Waals surface area contributed by atoms with Crippen LogP contribution in [0.2, 0.25) is 0 Å². The minimum absolute atomic E-state index is 0.00238. The van der Waals surface area contributed by atoms with Gasteiger partial charge in [0.05, 0.1) is 39.4 Å². The van der Waals surface area contributed by atoms with E-state index in [-0.39, 0.29) is 67.1 Å². The summed E-state index contributed by atoms with van der Waals surface area (Å²) in [4.78, 5) is 99.9. The van der Waals surface area contributed by atoms with Crippen LogP contribution in [0.5, 0.6) is 34.5 Å². The number of hydrogen-bond acceptors (Lipinski definition) is 22. The number of amides is 4. The summed E-state index contributed by atoms with van der Waals surface area (Å²) in [5.74, 6) is 6.81. The number of halogens is 3. The predicted molar refractivity (Wildman–Crippen MR) is 539 cm³/mol. The lowest BCUT2D eigenvalue weighted by Crippen LogP contribution is -2.35. The summed E-state index contributed by atoms with van der Waals surface area (Å²) < 4.78 is 34.5. The van der Waals surface area contributed by atoms with Gasteiger partial charge in [-0.2, -0.15) is 0 Å². The van der Waals surface area contributed by atoms with E-state index in [1.54, 1.807) is 171 Å². The van der Waals surface area contributed by atoms with E-state index in [0.29, 0.717) is 73.8 Å². The molecule has 3 aliphatic heterocycles. The lowest BCUT2D eigenvalue weighted by atomic mass is 9.91. The molecule has 12 N–H and O–H groups in total. The number of aromatic carboxylic acids is 1. The molecule has 718 valence electrons. The van der Waals surface area contributed by atoms with Crippen molar-refractivity contribution in [2.75, 3.05) is 113 Å². The molecule has 3 saturated carbocycles. The van der Waals surface area contributed by atoms with Gasteiger partial charge in [0.1, 0.15) is 72.1 Å². The van der Waals surface area contributed by atoms with Crippen LogP contribution in [0, 0.1) is 35.5 Å². The minimum Gasteiger partial charge on any atom is -0.508 e. The maximum Gasteiger partial charge on any atom is 0.412 e. The molecule has 9 aromatic rings. The van der Waals surface area contributed by atoms with E-state index in [1.165, 1.54) is 116 Å². The SMILES string of the molecule is CC(=O)COc1cccc(N)c1.CC(=O)COc1cccc(NC(=O)OC(C)(C)C)c1.CC(=O)COc1cccc(NC(=O)c2ccc(Br)cc2N2CCC(C3CC3)CC2)c1.CC(C)(C)OC(=O)Nc1cccc(O)c1.CC(C)(O)COc1cccc(NC(=O)c2ccc(Br)cc2N2CCC(C3CC3)CC2)c1.Nc1cccc(O)c1.O=C(O)c1ccc(Br)cc1N1CCC(C2CC2)CC1. The molecule has 0 spiro atoms. The molecule has 9 aromatic carbocycles. The van der Waals surface area contributed by atoms with Crippen molar-refractivity contribution in [2.24, 2.45) is 35.5 Å². The van der Waals surface area contributed by atoms with Gasteiger partial charge in [0.25, 0.3) is 11.8 Å². The smallest absolute Gasteiger partial charge is 0.412 e. The van der Waals surface area contributed by atoms with Crippen LogP contribution in [0.1, 0.15) is 184 Å². The number of carbonyl (C=O) groups is 8. The van der Waals surface area contributed by atoms with Crippen molar-refractivity contribution < 1.29 is 87.2 Å². The highest BCUT2D eigenvalue weighted by molar-refractivity contribution is 9.11. The molecular weight excluding hydrogens is 1900 g/mol. The molecule has 0 unspecified atom stereocenters. The van der Waals surface area contributed by atoms with Crippen molar-refractivity contribution >= 4 is 146 Å². The fourth-order valence-electron chi connectivity index (χ4n) is 15.2. The predicted octanol–water partition coefficient (Wildman–Crippen LogP) is 22.5. The quantitative estimate of drug-likeness (QED) is 0.0238. The van der Waals surface area contributed by atoms with E-state index in [1.807, 2.05) is 60.7 Å². The van der Waals surface area contributed by atoms with Crippen LogP contribution in [0.15, 0.2) is 214 Å². The van der Waals surface area contributed by atoms with Gasteiger partial charge in [-0.05, 0) is 316 Å². The summed E-state index contributed by atoms with van der Waals surface area (Å²) in [6.45, 7) is 24.8. The number of nitrogens with two attached hydrogens (primary N) is 2. The van der Waals surface area contributed by atoms with Crippen LogP contribution in [0.25, 0.3) is 0 Å². The van der Waals surface area contributed by atoms with E-state index >= 15 is 0 Å². The lowest BCUT2D eigenvalue weighted by Gasteiger charge is -2.35. The zero-order chi connectivity index (χ0) is 97.4. The summed E-state index contributed by atoms with van der Waals surface area (Å²) in [5, 5.41) is 48.2. The highest BCUT2D eigenvalue weighted by Gasteiger charge is 2.37. The molecule has 0 aromatic heterocycles. The topological polar surface area (TPSA) is 383 Å². The number of Topliss-reactive ketones (excluding diaryl/α,β-unsaturated/α-hetero) is 3. The summed E-state index contributed by atoms with van der Waals surface area (Å²) in [6.07, 6.45) is 14.6.